The molecule has 0 saturated carbocycles. The Bertz CT molecular complexity index is 1110. The number of pyridine rings is 1. The number of nitrogens with zero attached hydrogens (tertiary/aromatic N) is 4. The SMILES string of the molecule is Cc1ccnc(-c2noc(CNc3cccc4c3oc(=O)n4C)n2)c1. The van der Waals surface area contributed by atoms with Crippen LogP contribution in [-0.2, 0) is 13.6 Å². The van der Waals surface area contributed by atoms with Crippen molar-refractivity contribution in [2.45, 2.75) is 13.5 Å². The maximum absolute atomic E-state index is 11.7. The summed E-state index contributed by atoms with van der Waals surface area (Å²) in [6.07, 6.45) is 1.71. The molecule has 0 aliphatic carbocycles. The monoisotopic (exact) mass is 337 g/mol. The average molecular weight is 337 g/mol. The molecule has 0 radical (unpaired) electrons. The summed E-state index contributed by atoms with van der Waals surface area (Å²) in [5.74, 6) is 0.438. The minimum Gasteiger partial charge on any atom is -0.405 e. The number of hydrogen-bond acceptors (Lipinski definition) is 7. The van der Waals surface area contributed by atoms with Crippen LogP contribution in [0.5, 0.6) is 0 Å². The van der Waals surface area contributed by atoms with E-state index >= 15 is 0 Å². The zero-order valence-corrected chi connectivity index (χ0v) is 13.7. The Hall–Kier alpha value is -3.42. The molecule has 1 N–H and O–H groups in total. The van der Waals surface area contributed by atoms with Gasteiger partial charge in [-0.25, -0.2) is 4.79 Å². The first-order chi connectivity index (χ1) is 12.1. The lowest BCUT2D eigenvalue weighted by Gasteiger charge is -2.03. The van der Waals surface area contributed by atoms with Crippen molar-refractivity contribution in [3.8, 4) is 11.5 Å². The number of para-hydroxylation sites is 1. The molecule has 3 aromatic heterocycles. The van der Waals surface area contributed by atoms with Gasteiger partial charge in [0.15, 0.2) is 5.58 Å². The standard InChI is InChI=1S/C17H15N5O3/c1-10-6-7-18-12(8-10)16-20-14(25-21-16)9-19-11-4-3-5-13-15(11)24-17(23)22(13)2/h3-8,19H,9H2,1-2H3. The fourth-order valence-electron chi connectivity index (χ4n) is 2.55. The van der Waals surface area contributed by atoms with E-state index in [-0.39, 0.29) is 0 Å². The first-order valence-electron chi connectivity index (χ1n) is 7.70. The third kappa shape index (κ3) is 2.78. The van der Waals surface area contributed by atoms with E-state index in [9.17, 15) is 4.79 Å². The predicted octanol–water partition coefficient (Wildman–Crippen LogP) is 2.50. The van der Waals surface area contributed by atoms with Crippen molar-refractivity contribution in [1.82, 2.24) is 19.7 Å². The van der Waals surface area contributed by atoms with Crippen molar-refractivity contribution in [1.29, 1.82) is 0 Å². The first kappa shape index (κ1) is 15.1. The van der Waals surface area contributed by atoms with Crippen molar-refractivity contribution in [2.24, 2.45) is 7.05 Å². The summed E-state index contributed by atoms with van der Waals surface area (Å²) >= 11 is 0. The number of nitrogens with one attached hydrogen (secondary N) is 1. The molecule has 0 amide bonds. The zero-order chi connectivity index (χ0) is 17.4. The normalized spacial score (nSPS) is 11.1. The molecule has 0 saturated heterocycles. The highest BCUT2D eigenvalue weighted by Crippen LogP contribution is 2.22. The molecule has 0 spiro atoms. The molecule has 4 rings (SSSR count). The van der Waals surface area contributed by atoms with Crippen LogP contribution in [0, 0.1) is 6.92 Å². The second kappa shape index (κ2) is 5.90. The Morgan fingerprint density at radius 2 is 2.16 bits per heavy atom. The first-order valence-corrected chi connectivity index (χ1v) is 7.70. The van der Waals surface area contributed by atoms with Gasteiger partial charge in [0.2, 0.25) is 11.7 Å². The highest BCUT2D eigenvalue weighted by molar-refractivity contribution is 5.86. The highest BCUT2D eigenvalue weighted by atomic mass is 16.5. The summed E-state index contributed by atoms with van der Waals surface area (Å²) < 4.78 is 12.0. The molecule has 8 heteroatoms. The summed E-state index contributed by atoms with van der Waals surface area (Å²) in [5.41, 5.74) is 3.62. The second-order valence-corrected chi connectivity index (χ2v) is 5.66. The van der Waals surface area contributed by atoms with Gasteiger partial charge in [0.05, 0.1) is 17.7 Å². The van der Waals surface area contributed by atoms with Gasteiger partial charge in [0, 0.05) is 13.2 Å². The average Bonchev–Trinajstić information content (AvgIpc) is 3.19. The van der Waals surface area contributed by atoms with Crippen molar-refractivity contribution >= 4 is 16.8 Å². The van der Waals surface area contributed by atoms with E-state index in [0.717, 1.165) is 5.56 Å². The van der Waals surface area contributed by atoms with E-state index in [2.05, 4.69) is 20.4 Å². The van der Waals surface area contributed by atoms with Gasteiger partial charge in [-0.05, 0) is 36.8 Å². The van der Waals surface area contributed by atoms with E-state index in [1.165, 1.54) is 4.57 Å². The molecule has 0 fully saturated rings. The van der Waals surface area contributed by atoms with E-state index in [1.807, 2.05) is 37.3 Å². The molecule has 126 valence electrons. The van der Waals surface area contributed by atoms with Crippen LogP contribution in [0.2, 0.25) is 0 Å². The van der Waals surface area contributed by atoms with Crippen LogP contribution in [0.3, 0.4) is 0 Å². The molecule has 4 aromatic rings. The van der Waals surface area contributed by atoms with Gasteiger partial charge in [0.25, 0.3) is 0 Å². The number of benzene rings is 1. The Morgan fingerprint density at radius 3 is 3.00 bits per heavy atom. The maximum Gasteiger partial charge on any atom is 0.419 e. The molecule has 0 unspecified atom stereocenters. The Kier molecular flexibility index (Phi) is 3.57. The Balaban J connectivity index is 1.57. The van der Waals surface area contributed by atoms with Crippen LogP contribution >= 0.6 is 0 Å². The van der Waals surface area contributed by atoms with Crippen LogP contribution in [0.15, 0.2) is 50.3 Å². The minimum atomic E-state index is -0.408. The quantitative estimate of drug-likeness (QED) is 0.611. The molecule has 0 bridgehead atoms. The summed E-state index contributed by atoms with van der Waals surface area (Å²) in [7, 11) is 1.66. The molecule has 0 aliphatic heterocycles. The lowest BCUT2D eigenvalue weighted by Crippen LogP contribution is -2.08. The molecule has 0 atom stereocenters. The van der Waals surface area contributed by atoms with Gasteiger partial charge in [0.1, 0.15) is 5.69 Å². The highest BCUT2D eigenvalue weighted by Gasteiger charge is 2.13. The summed E-state index contributed by atoms with van der Waals surface area (Å²) in [5, 5.41) is 7.11. The van der Waals surface area contributed by atoms with Crippen LogP contribution in [0.4, 0.5) is 5.69 Å². The summed E-state index contributed by atoms with van der Waals surface area (Å²) in [6, 6.07) is 9.28. The summed E-state index contributed by atoms with van der Waals surface area (Å²) in [6.45, 7) is 2.28. The number of rotatable bonds is 4. The van der Waals surface area contributed by atoms with E-state index in [1.54, 1.807) is 13.2 Å². The number of aryl methyl sites for hydroxylation is 2. The fraction of sp³-hybridized carbons (Fsp3) is 0.176. The van der Waals surface area contributed by atoms with Gasteiger partial charge in [-0.2, -0.15) is 4.98 Å². The Labute approximate surface area is 142 Å². The fourth-order valence-corrected chi connectivity index (χ4v) is 2.55. The molecule has 25 heavy (non-hydrogen) atoms. The van der Waals surface area contributed by atoms with Crippen molar-refractivity contribution in [2.75, 3.05) is 5.32 Å². The minimum absolute atomic E-state index is 0.302. The Morgan fingerprint density at radius 1 is 1.28 bits per heavy atom. The van der Waals surface area contributed by atoms with Crippen molar-refractivity contribution in [3.05, 3.63) is 58.5 Å². The largest absolute Gasteiger partial charge is 0.419 e. The lowest BCUT2D eigenvalue weighted by molar-refractivity contribution is 0.384. The third-order valence-corrected chi connectivity index (χ3v) is 3.86. The number of hydrogen-bond donors (Lipinski definition) is 1. The second-order valence-electron chi connectivity index (χ2n) is 5.66. The van der Waals surface area contributed by atoms with Crippen LogP contribution in [0.25, 0.3) is 22.6 Å². The van der Waals surface area contributed by atoms with E-state index < -0.39 is 5.76 Å². The number of aromatic nitrogens is 4. The predicted molar refractivity (Wildman–Crippen MR) is 91.0 cm³/mol. The number of fused-ring (bicyclic) bond motifs is 1. The molecule has 0 aliphatic rings. The maximum atomic E-state index is 11.7. The van der Waals surface area contributed by atoms with Gasteiger partial charge in [-0.1, -0.05) is 11.2 Å². The van der Waals surface area contributed by atoms with Crippen molar-refractivity contribution in [3.63, 3.8) is 0 Å². The molecular formula is C17H15N5O3. The van der Waals surface area contributed by atoms with Crippen LogP contribution in [-0.4, -0.2) is 19.7 Å². The smallest absolute Gasteiger partial charge is 0.405 e. The lowest BCUT2D eigenvalue weighted by atomic mass is 10.2. The van der Waals surface area contributed by atoms with Gasteiger partial charge >= 0.3 is 5.76 Å². The molecule has 1 aromatic carbocycles. The van der Waals surface area contributed by atoms with Gasteiger partial charge in [-0.15, -0.1) is 0 Å². The topological polar surface area (TPSA) is 99.0 Å². The van der Waals surface area contributed by atoms with E-state index in [0.29, 0.717) is 40.7 Å². The molecule has 8 nitrogen and oxygen atoms in total. The number of oxazole rings is 1. The van der Waals surface area contributed by atoms with Gasteiger partial charge < -0.3 is 14.3 Å². The van der Waals surface area contributed by atoms with Crippen LogP contribution < -0.4 is 11.1 Å². The van der Waals surface area contributed by atoms with Crippen LogP contribution in [0.1, 0.15) is 11.5 Å². The summed E-state index contributed by atoms with van der Waals surface area (Å²) in [4.78, 5) is 20.2. The van der Waals surface area contributed by atoms with Crippen molar-refractivity contribution < 1.29 is 8.94 Å². The zero-order valence-electron chi connectivity index (χ0n) is 13.7. The molecular weight excluding hydrogens is 322 g/mol. The molecule has 3 heterocycles. The number of anilines is 1. The third-order valence-electron chi connectivity index (χ3n) is 3.86. The van der Waals surface area contributed by atoms with E-state index in [4.69, 9.17) is 8.94 Å². The van der Waals surface area contributed by atoms with Gasteiger partial charge in [-0.3, -0.25) is 9.55 Å².